The lowest BCUT2D eigenvalue weighted by atomic mass is 9.99. The van der Waals surface area contributed by atoms with Gasteiger partial charge in [0.1, 0.15) is 0 Å². The Bertz CT molecular complexity index is 3490. The first-order valence-corrected chi connectivity index (χ1v) is 19.7. The standard InChI is InChI=1S/C52H32N2S/c1-2-12-33(13-3-1)37-28-36-14-4-5-15-39(36)50(31-37)54-47-20-10-7-17-41(47)44-30-35(23-26-49(44)54)34-22-25-48-43(29-34)40-16-6-9-19-46(40)53(48)38-24-27-52-45(32-38)42-18-8-11-21-51(42)55-52/h1-32H. The van der Waals surface area contributed by atoms with Crippen molar-refractivity contribution >= 4 is 85.9 Å². The summed E-state index contributed by atoms with van der Waals surface area (Å²) in [6.45, 7) is 0. The first-order valence-electron chi connectivity index (χ1n) is 18.8. The van der Waals surface area contributed by atoms with E-state index in [0.29, 0.717) is 0 Å². The topological polar surface area (TPSA) is 9.86 Å². The average Bonchev–Trinajstić information content (AvgIpc) is 3.90. The first-order chi connectivity index (χ1) is 27.3. The molecule has 256 valence electrons. The summed E-state index contributed by atoms with van der Waals surface area (Å²) in [5.41, 5.74) is 12.1. The highest BCUT2D eigenvalue weighted by Crippen LogP contribution is 2.41. The number of hydrogen-bond donors (Lipinski definition) is 0. The molecule has 0 atom stereocenters. The van der Waals surface area contributed by atoms with Crippen LogP contribution in [-0.2, 0) is 0 Å². The second kappa shape index (κ2) is 11.8. The maximum atomic E-state index is 2.47. The van der Waals surface area contributed by atoms with Gasteiger partial charge >= 0.3 is 0 Å². The Morgan fingerprint density at radius 2 is 0.855 bits per heavy atom. The van der Waals surface area contributed by atoms with Gasteiger partial charge in [-0.25, -0.2) is 0 Å². The molecule has 3 aromatic heterocycles. The Morgan fingerprint density at radius 3 is 1.60 bits per heavy atom. The quantitative estimate of drug-likeness (QED) is 0.172. The molecular weight excluding hydrogens is 685 g/mol. The highest BCUT2D eigenvalue weighted by atomic mass is 32.1. The molecule has 0 saturated carbocycles. The van der Waals surface area contributed by atoms with E-state index in [4.69, 9.17) is 0 Å². The summed E-state index contributed by atoms with van der Waals surface area (Å²) in [5, 5.41) is 10.1. The van der Waals surface area contributed by atoms with E-state index in [1.807, 2.05) is 11.3 Å². The third-order valence-corrected chi connectivity index (χ3v) is 12.6. The Morgan fingerprint density at radius 1 is 0.291 bits per heavy atom. The van der Waals surface area contributed by atoms with Crippen LogP contribution in [0.3, 0.4) is 0 Å². The number of nitrogens with zero attached hydrogens (tertiary/aromatic N) is 2. The summed E-state index contributed by atoms with van der Waals surface area (Å²) >= 11 is 1.86. The Labute approximate surface area is 321 Å². The number of fused-ring (bicyclic) bond motifs is 10. The molecule has 0 radical (unpaired) electrons. The van der Waals surface area contributed by atoms with Gasteiger partial charge in [-0.2, -0.15) is 0 Å². The molecule has 3 heterocycles. The average molecular weight is 717 g/mol. The lowest BCUT2D eigenvalue weighted by Crippen LogP contribution is -1.96. The zero-order chi connectivity index (χ0) is 36.0. The van der Waals surface area contributed by atoms with Crippen molar-refractivity contribution in [1.82, 2.24) is 9.13 Å². The van der Waals surface area contributed by atoms with Gasteiger partial charge in [0.15, 0.2) is 0 Å². The maximum absolute atomic E-state index is 2.47. The van der Waals surface area contributed by atoms with Crippen LogP contribution in [0.2, 0.25) is 0 Å². The predicted molar refractivity (Wildman–Crippen MR) is 236 cm³/mol. The van der Waals surface area contributed by atoms with Crippen LogP contribution in [-0.4, -0.2) is 9.13 Å². The van der Waals surface area contributed by atoms with Crippen LogP contribution < -0.4 is 0 Å². The molecular formula is C52H32N2S. The van der Waals surface area contributed by atoms with Crippen LogP contribution >= 0.6 is 11.3 Å². The van der Waals surface area contributed by atoms with Crippen molar-refractivity contribution in [3.05, 3.63) is 194 Å². The lowest BCUT2D eigenvalue weighted by molar-refractivity contribution is 1.19. The van der Waals surface area contributed by atoms with Crippen molar-refractivity contribution in [3.63, 3.8) is 0 Å². The molecule has 0 saturated heterocycles. The van der Waals surface area contributed by atoms with E-state index in [2.05, 4.69) is 203 Å². The minimum atomic E-state index is 1.19. The predicted octanol–water partition coefficient (Wildman–Crippen LogP) is 14.7. The highest BCUT2D eigenvalue weighted by molar-refractivity contribution is 7.25. The third kappa shape index (κ3) is 4.60. The van der Waals surface area contributed by atoms with E-state index < -0.39 is 0 Å². The number of thiophene rings is 1. The minimum absolute atomic E-state index is 1.19. The third-order valence-electron chi connectivity index (χ3n) is 11.5. The number of benzene rings is 9. The number of aromatic nitrogens is 2. The van der Waals surface area contributed by atoms with Crippen LogP contribution in [0.15, 0.2) is 194 Å². The molecule has 2 nitrogen and oxygen atoms in total. The summed E-state index contributed by atoms with van der Waals surface area (Å²) in [5.74, 6) is 0. The molecule has 0 aliphatic rings. The fourth-order valence-corrected chi connectivity index (χ4v) is 10.1. The summed E-state index contributed by atoms with van der Waals surface area (Å²) in [4.78, 5) is 0. The molecule has 0 aliphatic carbocycles. The fourth-order valence-electron chi connectivity index (χ4n) is 8.97. The second-order valence-corrected chi connectivity index (χ2v) is 15.6. The Balaban J connectivity index is 1.05. The molecule has 55 heavy (non-hydrogen) atoms. The largest absolute Gasteiger partial charge is 0.309 e. The van der Waals surface area contributed by atoms with Crippen LogP contribution in [0.5, 0.6) is 0 Å². The monoisotopic (exact) mass is 716 g/mol. The Kier molecular flexibility index (Phi) is 6.54. The molecule has 0 amide bonds. The zero-order valence-electron chi connectivity index (χ0n) is 29.8. The summed E-state index contributed by atoms with van der Waals surface area (Å²) in [6, 6.07) is 71.5. The molecule has 3 heteroatoms. The second-order valence-electron chi connectivity index (χ2n) is 14.5. The van der Waals surface area contributed by atoms with E-state index in [0.717, 1.165) is 0 Å². The molecule has 12 rings (SSSR count). The number of para-hydroxylation sites is 2. The molecule has 0 aliphatic heterocycles. The van der Waals surface area contributed by atoms with Gasteiger partial charge in [0, 0.05) is 52.8 Å². The van der Waals surface area contributed by atoms with E-state index >= 15 is 0 Å². The van der Waals surface area contributed by atoms with Gasteiger partial charge in [0.2, 0.25) is 0 Å². The van der Waals surface area contributed by atoms with Gasteiger partial charge in [-0.15, -0.1) is 11.3 Å². The number of rotatable bonds is 4. The normalized spacial score (nSPS) is 12.0. The van der Waals surface area contributed by atoms with Gasteiger partial charge < -0.3 is 9.13 Å². The van der Waals surface area contributed by atoms with Crippen molar-refractivity contribution in [3.8, 4) is 33.6 Å². The van der Waals surface area contributed by atoms with Crippen molar-refractivity contribution in [2.45, 2.75) is 0 Å². The van der Waals surface area contributed by atoms with Gasteiger partial charge in [-0.1, -0.05) is 121 Å². The molecule has 9 aromatic carbocycles. The smallest absolute Gasteiger partial charge is 0.0546 e. The highest BCUT2D eigenvalue weighted by Gasteiger charge is 2.18. The van der Waals surface area contributed by atoms with Gasteiger partial charge in [0.05, 0.1) is 27.8 Å². The van der Waals surface area contributed by atoms with Crippen LogP contribution in [0.1, 0.15) is 0 Å². The van der Waals surface area contributed by atoms with E-state index in [9.17, 15) is 0 Å². The van der Waals surface area contributed by atoms with Crippen molar-refractivity contribution in [1.29, 1.82) is 0 Å². The molecule has 12 aromatic rings. The molecule has 0 bridgehead atoms. The van der Waals surface area contributed by atoms with E-state index in [1.165, 1.54) is 108 Å². The van der Waals surface area contributed by atoms with Crippen molar-refractivity contribution in [2.75, 3.05) is 0 Å². The van der Waals surface area contributed by atoms with Crippen LogP contribution in [0, 0.1) is 0 Å². The molecule has 0 fully saturated rings. The van der Waals surface area contributed by atoms with E-state index in [-0.39, 0.29) is 0 Å². The van der Waals surface area contributed by atoms with Gasteiger partial charge in [-0.3, -0.25) is 0 Å². The Hall–Kier alpha value is -6.94. The summed E-state index contributed by atoms with van der Waals surface area (Å²) in [6.07, 6.45) is 0. The zero-order valence-corrected chi connectivity index (χ0v) is 30.6. The molecule has 0 spiro atoms. The SMILES string of the molecule is c1ccc(-c2cc(-n3c4ccccc4c4cc(-c5ccc6c(c5)c5ccccc5n6-c5ccc6sc7ccccc7c6c5)ccc43)c3ccccc3c2)cc1. The maximum Gasteiger partial charge on any atom is 0.0546 e. The number of hydrogen-bond acceptors (Lipinski definition) is 1. The van der Waals surface area contributed by atoms with Gasteiger partial charge in [0.25, 0.3) is 0 Å². The summed E-state index contributed by atoms with van der Waals surface area (Å²) in [7, 11) is 0. The van der Waals surface area contributed by atoms with Crippen molar-refractivity contribution < 1.29 is 0 Å². The van der Waals surface area contributed by atoms with E-state index in [1.54, 1.807) is 0 Å². The van der Waals surface area contributed by atoms with Gasteiger partial charge in [-0.05, 0) is 100 Å². The fraction of sp³-hybridized carbons (Fsp3) is 0. The van der Waals surface area contributed by atoms with Crippen molar-refractivity contribution in [2.24, 2.45) is 0 Å². The minimum Gasteiger partial charge on any atom is -0.309 e. The summed E-state index contributed by atoms with van der Waals surface area (Å²) < 4.78 is 7.55. The lowest BCUT2D eigenvalue weighted by Gasteiger charge is -2.15. The molecule has 0 unspecified atom stereocenters. The van der Waals surface area contributed by atoms with Crippen LogP contribution in [0.4, 0.5) is 0 Å². The van der Waals surface area contributed by atoms with Crippen LogP contribution in [0.25, 0.3) is 108 Å². The molecule has 0 N–H and O–H groups in total. The first kappa shape index (κ1) is 30.5.